The Hall–Kier alpha value is -2.12. The van der Waals surface area contributed by atoms with Crippen LogP contribution in [0.4, 0.5) is 0 Å². The Balaban J connectivity index is 1.36. The summed E-state index contributed by atoms with van der Waals surface area (Å²) >= 11 is 0. The van der Waals surface area contributed by atoms with Gasteiger partial charge in [-0.1, -0.05) is 0 Å². The summed E-state index contributed by atoms with van der Waals surface area (Å²) < 4.78 is 5.88. The molecule has 4 heterocycles. The van der Waals surface area contributed by atoms with Gasteiger partial charge in [0, 0.05) is 57.6 Å². The van der Waals surface area contributed by atoms with E-state index in [1.165, 1.54) is 0 Å². The van der Waals surface area contributed by atoms with Crippen LogP contribution in [0, 0.1) is 0 Å². The first-order valence-corrected chi connectivity index (χ1v) is 9.47. The minimum absolute atomic E-state index is 0.00844. The molecule has 1 amide bonds. The van der Waals surface area contributed by atoms with Crippen molar-refractivity contribution in [2.24, 2.45) is 0 Å². The van der Waals surface area contributed by atoms with E-state index in [2.05, 4.69) is 26.8 Å². The van der Waals surface area contributed by atoms with Gasteiger partial charge in [-0.15, -0.1) is 0 Å². The number of amides is 1. The average molecular weight is 357 g/mol. The predicted octanol–water partition coefficient (Wildman–Crippen LogP) is 1.77. The van der Waals surface area contributed by atoms with Gasteiger partial charge in [0.05, 0.1) is 6.54 Å². The molecule has 2 aromatic heterocycles. The van der Waals surface area contributed by atoms with Gasteiger partial charge in [-0.25, -0.2) is 4.98 Å². The summed E-state index contributed by atoms with van der Waals surface area (Å²) in [7, 11) is 2.15. The second-order valence-electron chi connectivity index (χ2n) is 7.41. The Morgan fingerprint density at radius 1 is 1.27 bits per heavy atom. The van der Waals surface area contributed by atoms with Crippen LogP contribution in [0.2, 0.25) is 0 Å². The Bertz CT molecular complexity index is 718. The molecule has 0 bridgehead atoms. The summed E-state index contributed by atoms with van der Waals surface area (Å²) in [6.45, 7) is 6.49. The van der Waals surface area contributed by atoms with E-state index in [4.69, 9.17) is 4.42 Å². The summed E-state index contributed by atoms with van der Waals surface area (Å²) in [4.78, 5) is 27.0. The number of nitrogens with one attached hydrogen (secondary N) is 1. The lowest BCUT2D eigenvalue weighted by atomic mass is 9.97. The lowest BCUT2D eigenvalue weighted by molar-refractivity contribution is 0.0667. The van der Waals surface area contributed by atoms with Gasteiger partial charge in [-0.3, -0.25) is 9.69 Å². The molecular weight excluding hydrogens is 330 g/mol. The molecule has 140 valence electrons. The predicted molar refractivity (Wildman–Crippen MR) is 97.9 cm³/mol. The van der Waals surface area contributed by atoms with Crippen molar-refractivity contribution in [3.63, 3.8) is 0 Å². The zero-order chi connectivity index (χ0) is 17.9. The number of nitrogens with zero attached hydrogens (tertiary/aromatic N) is 4. The van der Waals surface area contributed by atoms with Crippen LogP contribution in [0.1, 0.15) is 40.9 Å². The van der Waals surface area contributed by atoms with Crippen molar-refractivity contribution in [2.45, 2.75) is 25.3 Å². The number of H-pyrrole nitrogens is 1. The minimum Gasteiger partial charge on any atom is -0.455 e. The van der Waals surface area contributed by atoms with Crippen LogP contribution in [0.15, 0.2) is 28.9 Å². The standard InChI is InChI=1S/C19H27N5O2/c1-22-9-11-23(12-10-22)14-16-4-5-17(26-16)19(25)24-8-2-3-15(13-24)18-20-6-7-21-18/h4-7,15H,2-3,8-14H2,1H3,(H,20,21)/t15-/m0/s1. The maximum Gasteiger partial charge on any atom is 0.289 e. The van der Waals surface area contributed by atoms with Crippen molar-refractivity contribution in [1.82, 2.24) is 24.7 Å². The van der Waals surface area contributed by atoms with E-state index < -0.39 is 0 Å². The van der Waals surface area contributed by atoms with E-state index in [-0.39, 0.29) is 11.8 Å². The molecule has 2 fully saturated rings. The number of hydrogen-bond acceptors (Lipinski definition) is 5. The summed E-state index contributed by atoms with van der Waals surface area (Å²) in [6.07, 6.45) is 5.66. The molecule has 2 aliphatic heterocycles. The van der Waals surface area contributed by atoms with Gasteiger partial charge in [-0.2, -0.15) is 0 Å². The van der Waals surface area contributed by atoms with Crippen LogP contribution < -0.4 is 0 Å². The molecule has 0 saturated carbocycles. The minimum atomic E-state index is -0.00844. The fourth-order valence-corrected chi connectivity index (χ4v) is 3.85. The molecule has 0 aromatic carbocycles. The summed E-state index contributed by atoms with van der Waals surface area (Å²) in [6, 6.07) is 3.77. The number of piperazine rings is 1. The molecule has 7 nitrogen and oxygen atoms in total. The molecular formula is C19H27N5O2. The summed E-state index contributed by atoms with van der Waals surface area (Å²) in [5.74, 6) is 2.57. The Labute approximate surface area is 154 Å². The molecule has 2 saturated heterocycles. The third-order valence-electron chi connectivity index (χ3n) is 5.46. The number of hydrogen-bond donors (Lipinski definition) is 1. The fraction of sp³-hybridized carbons (Fsp3) is 0.579. The van der Waals surface area contributed by atoms with E-state index >= 15 is 0 Å². The molecule has 1 atom stereocenters. The number of carbonyl (C=O) groups excluding carboxylic acids is 1. The third kappa shape index (κ3) is 3.83. The van der Waals surface area contributed by atoms with Crippen LogP contribution in [-0.2, 0) is 6.54 Å². The van der Waals surface area contributed by atoms with Crippen molar-refractivity contribution in [3.8, 4) is 0 Å². The van der Waals surface area contributed by atoms with Gasteiger partial charge in [0.1, 0.15) is 11.6 Å². The monoisotopic (exact) mass is 357 g/mol. The topological polar surface area (TPSA) is 68.6 Å². The van der Waals surface area contributed by atoms with Gasteiger partial charge in [0.25, 0.3) is 5.91 Å². The number of aromatic amines is 1. The van der Waals surface area contributed by atoms with Crippen molar-refractivity contribution < 1.29 is 9.21 Å². The Kier molecular flexibility index (Phi) is 5.08. The summed E-state index contributed by atoms with van der Waals surface area (Å²) in [5, 5.41) is 0. The maximum atomic E-state index is 12.8. The number of likely N-dealkylation sites (N-methyl/N-ethyl adjacent to an activating group) is 1. The van der Waals surface area contributed by atoms with Gasteiger partial charge in [0.2, 0.25) is 0 Å². The molecule has 1 N–H and O–H groups in total. The quantitative estimate of drug-likeness (QED) is 0.903. The molecule has 0 unspecified atom stereocenters. The lowest BCUT2D eigenvalue weighted by Crippen LogP contribution is -2.43. The zero-order valence-corrected chi connectivity index (χ0v) is 15.4. The van der Waals surface area contributed by atoms with Crippen LogP contribution in [0.5, 0.6) is 0 Å². The van der Waals surface area contributed by atoms with E-state index in [0.29, 0.717) is 12.3 Å². The number of aromatic nitrogens is 2. The summed E-state index contributed by atoms with van der Waals surface area (Å²) in [5.41, 5.74) is 0. The normalized spacial score (nSPS) is 22.7. The average Bonchev–Trinajstić information content (AvgIpc) is 3.35. The van der Waals surface area contributed by atoms with Crippen molar-refractivity contribution >= 4 is 5.91 Å². The first kappa shape index (κ1) is 17.3. The molecule has 2 aromatic rings. The van der Waals surface area contributed by atoms with Gasteiger partial charge < -0.3 is 19.2 Å². The maximum absolute atomic E-state index is 12.8. The largest absolute Gasteiger partial charge is 0.455 e. The van der Waals surface area contributed by atoms with Crippen LogP contribution in [0.25, 0.3) is 0 Å². The van der Waals surface area contributed by atoms with Crippen molar-refractivity contribution in [3.05, 3.63) is 41.9 Å². The third-order valence-corrected chi connectivity index (χ3v) is 5.46. The van der Waals surface area contributed by atoms with Gasteiger partial charge in [-0.05, 0) is 32.0 Å². The molecule has 26 heavy (non-hydrogen) atoms. The first-order chi connectivity index (χ1) is 12.7. The lowest BCUT2D eigenvalue weighted by Gasteiger charge is -2.32. The highest BCUT2D eigenvalue weighted by Gasteiger charge is 2.28. The Morgan fingerprint density at radius 3 is 2.88 bits per heavy atom. The number of carbonyl (C=O) groups is 1. The van der Waals surface area contributed by atoms with Crippen LogP contribution in [-0.4, -0.2) is 76.9 Å². The smallest absolute Gasteiger partial charge is 0.289 e. The SMILES string of the molecule is CN1CCN(Cc2ccc(C(=O)N3CCC[C@H](c4ncc[nH]4)C3)o2)CC1. The number of likely N-dealkylation sites (tertiary alicyclic amines) is 1. The highest BCUT2D eigenvalue weighted by atomic mass is 16.4. The zero-order valence-electron chi connectivity index (χ0n) is 15.4. The number of imidazole rings is 1. The highest BCUT2D eigenvalue weighted by Crippen LogP contribution is 2.26. The van der Waals surface area contributed by atoms with Crippen LogP contribution >= 0.6 is 0 Å². The number of piperidine rings is 1. The first-order valence-electron chi connectivity index (χ1n) is 9.47. The van der Waals surface area contributed by atoms with E-state index in [1.807, 2.05) is 23.2 Å². The molecule has 0 spiro atoms. The van der Waals surface area contributed by atoms with Crippen molar-refractivity contribution in [2.75, 3.05) is 46.3 Å². The number of rotatable bonds is 4. The Morgan fingerprint density at radius 2 is 2.12 bits per heavy atom. The van der Waals surface area contributed by atoms with E-state index in [1.54, 1.807) is 6.20 Å². The fourth-order valence-electron chi connectivity index (χ4n) is 3.85. The molecule has 4 rings (SSSR count). The second-order valence-corrected chi connectivity index (χ2v) is 7.41. The molecule has 0 aliphatic carbocycles. The highest BCUT2D eigenvalue weighted by molar-refractivity contribution is 5.91. The van der Waals surface area contributed by atoms with E-state index in [9.17, 15) is 4.79 Å². The number of furan rings is 1. The molecule has 7 heteroatoms. The second kappa shape index (κ2) is 7.63. The van der Waals surface area contributed by atoms with Crippen LogP contribution in [0.3, 0.4) is 0 Å². The molecule has 2 aliphatic rings. The van der Waals surface area contributed by atoms with Crippen molar-refractivity contribution in [1.29, 1.82) is 0 Å². The van der Waals surface area contributed by atoms with E-state index in [0.717, 1.165) is 63.7 Å². The van der Waals surface area contributed by atoms with Gasteiger partial charge >= 0.3 is 0 Å². The van der Waals surface area contributed by atoms with Gasteiger partial charge in [0.15, 0.2) is 5.76 Å². The molecule has 0 radical (unpaired) electrons.